The zero-order valence-corrected chi connectivity index (χ0v) is 12.9. The molecule has 1 aromatic heterocycles. The molecule has 7 heteroatoms. The van der Waals surface area contributed by atoms with E-state index in [0.29, 0.717) is 5.82 Å². The van der Waals surface area contributed by atoms with E-state index >= 15 is 0 Å². The zero-order chi connectivity index (χ0) is 15.9. The lowest BCUT2D eigenvalue weighted by Crippen LogP contribution is -2.21. The number of aromatic carboxylic acids is 1. The Bertz CT molecular complexity index is 739. The molecule has 1 amide bonds. The highest BCUT2D eigenvalue weighted by molar-refractivity contribution is 8.01. The molecule has 0 unspecified atom stereocenters. The van der Waals surface area contributed by atoms with Gasteiger partial charge in [0.1, 0.15) is 0 Å². The Labute approximate surface area is 131 Å². The molecule has 0 spiro atoms. The van der Waals surface area contributed by atoms with Gasteiger partial charge >= 0.3 is 5.97 Å². The fourth-order valence-corrected chi connectivity index (χ4v) is 3.78. The summed E-state index contributed by atoms with van der Waals surface area (Å²) in [7, 11) is 0. The highest BCUT2D eigenvalue weighted by atomic mass is 32.2. The predicted molar refractivity (Wildman–Crippen MR) is 84.3 cm³/mol. The first-order chi connectivity index (χ1) is 10.5. The van der Waals surface area contributed by atoms with Crippen LogP contribution in [0, 0.1) is 6.92 Å². The number of hydrogen-bond acceptors (Lipinski definition) is 4. The van der Waals surface area contributed by atoms with Crippen LogP contribution in [0.25, 0.3) is 0 Å². The van der Waals surface area contributed by atoms with Crippen molar-refractivity contribution in [1.82, 2.24) is 10.2 Å². The Kier molecular flexibility index (Phi) is 3.66. The van der Waals surface area contributed by atoms with Crippen LogP contribution in [0.5, 0.6) is 0 Å². The number of anilines is 1. The summed E-state index contributed by atoms with van der Waals surface area (Å²) in [5.74, 6) is -0.487. The summed E-state index contributed by atoms with van der Waals surface area (Å²) in [5, 5.41) is 18.6. The lowest BCUT2D eigenvalue weighted by molar-refractivity contribution is -0.115. The number of carbonyl (C=O) groups excluding carboxylic acids is 1. The van der Waals surface area contributed by atoms with Gasteiger partial charge in [-0.3, -0.25) is 9.89 Å². The molecule has 1 aromatic carbocycles. The summed E-state index contributed by atoms with van der Waals surface area (Å²) in [6.07, 6.45) is 0. The molecule has 3 N–H and O–H groups in total. The molecule has 114 valence electrons. The van der Waals surface area contributed by atoms with Gasteiger partial charge < -0.3 is 10.4 Å². The number of carbonyl (C=O) groups is 2. The van der Waals surface area contributed by atoms with Gasteiger partial charge in [-0.05, 0) is 31.5 Å². The number of thioether (sulfide) groups is 1. The predicted octanol–water partition coefficient (Wildman–Crippen LogP) is 2.58. The number of carboxylic acids is 1. The summed E-state index contributed by atoms with van der Waals surface area (Å²) in [4.78, 5) is 23.0. The van der Waals surface area contributed by atoms with Crippen molar-refractivity contribution in [2.45, 2.75) is 24.3 Å². The molecule has 2 heterocycles. The van der Waals surface area contributed by atoms with E-state index in [-0.39, 0.29) is 22.0 Å². The summed E-state index contributed by atoms with van der Waals surface area (Å²) in [6, 6.07) is 6.75. The van der Waals surface area contributed by atoms with Crippen molar-refractivity contribution >= 4 is 29.5 Å². The molecule has 1 aliphatic rings. The molecule has 3 rings (SSSR count). The summed E-state index contributed by atoms with van der Waals surface area (Å²) in [6.45, 7) is 3.76. The van der Waals surface area contributed by atoms with Gasteiger partial charge in [-0.1, -0.05) is 12.1 Å². The number of hydrogen-bond donors (Lipinski definition) is 3. The largest absolute Gasteiger partial charge is 0.478 e. The van der Waals surface area contributed by atoms with Gasteiger partial charge in [-0.15, -0.1) is 11.8 Å². The third kappa shape index (κ3) is 2.48. The highest BCUT2D eigenvalue weighted by Crippen LogP contribution is 2.44. The second kappa shape index (κ2) is 5.49. The Balaban J connectivity index is 2.06. The number of carboxylic acid groups (broad SMARTS) is 1. The Morgan fingerprint density at radius 2 is 2.00 bits per heavy atom. The van der Waals surface area contributed by atoms with Crippen molar-refractivity contribution in [3.8, 4) is 0 Å². The maximum atomic E-state index is 12.0. The number of nitrogens with one attached hydrogen (secondary N) is 2. The average molecular weight is 317 g/mol. The van der Waals surface area contributed by atoms with E-state index in [9.17, 15) is 9.59 Å². The number of aryl methyl sites for hydroxylation is 1. The monoisotopic (exact) mass is 317 g/mol. The van der Waals surface area contributed by atoms with E-state index in [1.165, 1.54) is 11.8 Å². The Morgan fingerprint density at radius 3 is 2.64 bits per heavy atom. The smallest absolute Gasteiger partial charge is 0.335 e. The number of aromatic nitrogens is 2. The maximum absolute atomic E-state index is 12.0. The number of amides is 1. The summed E-state index contributed by atoms with van der Waals surface area (Å²) < 4.78 is 0. The van der Waals surface area contributed by atoms with Gasteiger partial charge in [-0.2, -0.15) is 5.10 Å². The van der Waals surface area contributed by atoms with Crippen LogP contribution in [0.4, 0.5) is 5.82 Å². The first-order valence-electron chi connectivity index (χ1n) is 6.82. The van der Waals surface area contributed by atoms with Crippen LogP contribution in [0.1, 0.15) is 39.4 Å². The van der Waals surface area contributed by atoms with Crippen molar-refractivity contribution in [2.75, 3.05) is 5.32 Å². The zero-order valence-electron chi connectivity index (χ0n) is 12.1. The SMILES string of the molecule is Cc1[nH]nc2c1[C@H](c1ccc(C(=O)O)cc1)S[C@H](C)C(=O)N2. The van der Waals surface area contributed by atoms with Crippen molar-refractivity contribution in [3.63, 3.8) is 0 Å². The number of benzene rings is 1. The van der Waals surface area contributed by atoms with Gasteiger partial charge in [0.2, 0.25) is 5.91 Å². The van der Waals surface area contributed by atoms with Gasteiger partial charge in [0, 0.05) is 11.3 Å². The Morgan fingerprint density at radius 1 is 1.32 bits per heavy atom. The molecule has 0 radical (unpaired) electrons. The number of H-pyrrole nitrogens is 1. The topological polar surface area (TPSA) is 95.1 Å². The van der Waals surface area contributed by atoms with Gasteiger partial charge in [0.05, 0.1) is 16.1 Å². The minimum atomic E-state index is -0.953. The van der Waals surface area contributed by atoms with Crippen LogP contribution in [0.2, 0.25) is 0 Å². The molecule has 2 atom stereocenters. The molecular weight excluding hydrogens is 302 g/mol. The van der Waals surface area contributed by atoms with Crippen LogP contribution in [0.3, 0.4) is 0 Å². The quantitative estimate of drug-likeness (QED) is 0.791. The molecular formula is C15H15N3O3S. The Hall–Kier alpha value is -2.28. The fourth-order valence-electron chi connectivity index (χ4n) is 2.45. The number of nitrogens with zero attached hydrogens (tertiary/aromatic N) is 1. The van der Waals surface area contributed by atoms with Gasteiger partial charge in [0.25, 0.3) is 0 Å². The lowest BCUT2D eigenvalue weighted by Gasteiger charge is -2.17. The van der Waals surface area contributed by atoms with E-state index in [2.05, 4.69) is 15.5 Å². The van der Waals surface area contributed by atoms with Gasteiger partial charge in [-0.25, -0.2) is 4.79 Å². The average Bonchev–Trinajstić information content (AvgIpc) is 2.79. The molecule has 1 aliphatic heterocycles. The van der Waals surface area contributed by atoms with E-state index in [0.717, 1.165) is 16.8 Å². The molecule has 22 heavy (non-hydrogen) atoms. The first-order valence-corrected chi connectivity index (χ1v) is 7.76. The van der Waals surface area contributed by atoms with Crippen LogP contribution in [-0.4, -0.2) is 32.4 Å². The number of fused-ring (bicyclic) bond motifs is 1. The van der Waals surface area contributed by atoms with E-state index < -0.39 is 5.97 Å². The van der Waals surface area contributed by atoms with E-state index in [1.54, 1.807) is 24.3 Å². The van der Waals surface area contributed by atoms with Crippen LogP contribution in [0.15, 0.2) is 24.3 Å². The van der Waals surface area contributed by atoms with Crippen molar-refractivity contribution in [2.24, 2.45) is 0 Å². The highest BCUT2D eigenvalue weighted by Gasteiger charge is 2.32. The molecule has 0 bridgehead atoms. The van der Waals surface area contributed by atoms with E-state index in [4.69, 9.17) is 5.11 Å². The van der Waals surface area contributed by atoms with Crippen LogP contribution < -0.4 is 5.32 Å². The molecule has 0 saturated carbocycles. The van der Waals surface area contributed by atoms with Crippen molar-refractivity contribution < 1.29 is 14.7 Å². The molecule has 0 aliphatic carbocycles. The molecule has 6 nitrogen and oxygen atoms in total. The first kappa shape index (κ1) is 14.6. The van der Waals surface area contributed by atoms with E-state index in [1.807, 2.05) is 13.8 Å². The maximum Gasteiger partial charge on any atom is 0.335 e. The lowest BCUT2D eigenvalue weighted by atomic mass is 10.0. The second-order valence-electron chi connectivity index (χ2n) is 5.19. The molecule has 2 aromatic rings. The van der Waals surface area contributed by atoms with Crippen LogP contribution in [-0.2, 0) is 4.79 Å². The third-order valence-corrected chi connectivity index (χ3v) is 5.07. The normalized spacial score (nSPS) is 20.9. The third-order valence-electron chi connectivity index (χ3n) is 3.67. The fraction of sp³-hybridized carbons (Fsp3) is 0.267. The minimum absolute atomic E-state index is 0.0782. The minimum Gasteiger partial charge on any atom is -0.478 e. The second-order valence-corrected chi connectivity index (χ2v) is 6.64. The van der Waals surface area contributed by atoms with Crippen molar-refractivity contribution in [1.29, 1.82) is 0 Å². The van der Waals surface area contributed by atoms with Gasteiger partial charge in [0.15, 0.2) is 5.82 Å². The summed E-state index contributed by atoms with van der Waals surface area (Å²) >= 11 is 1.52. The van der Waals surface area contributed by atoms with Crippen molar-refractivity contribution in [3.05, 3.63) is 46.6 Å². The molecule has 0 fully saturated rings. The van der Waals surface area contributed by atoms with Crippen LogP contribution >= 0.6 is 11.8 Å². The standard InChI is InChI=1S/C15H15N3O3S/c1-7-11-12(9-3-5-10(6-4-9)15(20)21)22-8(2)14(19)16-13(11)18-17-7/h3-6,8,12H,1-2H3,(H,20,21)(H2,16,17,18,19)/t8-,12+/m1/s1. The number of rotatable bonds is 2. The summed E-state index contributed by atoms with van der Waals surface area (Å²) in [5.41, 5.74) is 3.02. The molecule has 0 saturated heterocycles. The number of aromatic amines is 1.